The lowest BCUT2D eigenvalue weighted by atomic mass is 9.80. The summed E-state index contributed by atoms with van der Waals surface area (Å²) in [5.74, 6) is 6.73. The van der Waals surface area contributed by atoms with Gasteiger partial charge in [-0.1, -0.05) is 12.8 Å². The van der Waals surface area contributed by atoms with E-state index in [4.69, 9.17) is 8.37 Å². The molecule has 0 aromatic heterocycles. The highest BCUT2D eigenvalue weighted by Crippen LogP contribution is 2.61. The van der Waals surface area contributed by atoms with E-state index in [0.29, 0.717) is 11.8 Å². The van der Waals surface area contributed by atoms with Crippen LogP contribution in [0, 0.1) is 47.3 Å². The molecule has 24 heavy (non-hydrogen) atoms. The van der Waals surface area contributed by atoms with Crippen molar-refractivity contribution in [3.05, 3.63) is 0 Å². The van der Waals surface area contributed by atoms with Gasteiger partial charge in [0.05, 0.1) is 12.2 Å². The van der Waals surface area contributed by atoms with Crippen molar-refractivity contribution in [1.82, 2.24) is 0 Å². The molecule has 0 radical (unpaired) electrons. The van der Waals surface area contributed by atoms with Gasteiger partial charge in [-0.3, -0.25) is 8.37 Å². The summed E-state index contributed by atoms with van der Waals surface area (Å²) in [7, 11) is 0. The molecule has 6 fully saturated rings. The molecule has 3 nitrogen and oxygen atoms in total. The van der Waals surface area contributed by atoms with Crippen LogP contribution in [0.15, 0.2) is 0 Å². The summed E-state index contributed by atoms with van der Waals surface area (Å²) in [5.41, 5.74) is 0. The number of hydrogen-bond acceptors (Lipinski definition) is 3. The Kier molecular flexibility index (Phi) is 3.49. The summed E-state index contributed by atoms with van der Waals surface area (Å²) in [6, 6.07) is 0. The summed E-state index contributed by atoms with van der Waals surface area (Å²) in [6.07, 6.45) is 13.8. The first-order valence-corrected chi connectivity index (χ1v) is 11.5. The fourth-order valence-electron chi connectivity index (χ4n) is 8.46. The second kappa shape index (κ2) is 5.53. The standard InChI is InChI=1S/C20H30O3S/c21-24(22-19-9-11-7-17(19)15-5-1-3-13(11)15)23-20-10-12-8-18(20)16-6-2-4-14(12)16/h11-20H,1-10H2/t11-,12+,13+,14-,15-,16-,17+,18-,19+,20-,24?/m0/s1. The van der Waals surface area contributed by atoms with Gasteiger partial charge in [-0.25, -0.2) is 0 Å². The fraction of sp³-hybridized carbons (Fsp3) is 1.00. The normalized spacial score (nSPS) is 58.3. The van der Waals surface area contributed by atoms with E-state index in [-0.39, 0.29) is 12.2 Å². The van der Waals surface area contributed by atoms with Crippen molar-refractivity contribution in [1.29, 1.82) is 0 Å². The lowest BCUT2D eigenvalue weighted by Gasteiger charge is -2.32. The molecule has 6 saturated carbocycles. The molecule has 134 valence electrons. The maximum atomic E-state index is 12.6. The van der Waals surface area contributed by atoms with Crippen molar-refractivity contribution in [2.75, 3.05) is 0 Å². The van der Waals surface area contributed by atoms with E-state index in [1.807, 2.05) is 0 Å². The molecule has 6 rings (SSSR count). The molecule has 1 unspecified atom stereocenters. The third-order valence-corrected chi connectivity index (χ3v) is 9.95. The molecule has 0 N–H and O–H groups in total. The summed E-state index contributed by atoms with van der Waals surface area (Å²) in [4.78, 5) is 0. The van der Waals surface area contributed by atoms with Crippen molar-refractivity contribution in [3.8, 4) is 0 Å². The summed E-state index contributed by atoms with van der Waals surface area (Å²) >= 11 is -1.52. The molecule has 4 heteroatoms. The Labute approximate surface area is 148 Å². The topological polar surface area (TPSA) is 35.5 Å². The predicted octanol–water partition coefficient (Wildman–Crippen LogP) is 4.25. The molecule has 0 aromatic carbocycles. The minimum atomic E-state index is -1.52. The quantitative estimate of drug-likeness (QED) is 0.760. The van der Waals surface area contributed by atoms with Crippen LogP contribution in [0.5, 0.6) is 0 Å². The summed E-state index contributed by atoms with van der Waals surface area (Å²) < 4.78 is 24.5. The fourth-order valence-corrected chi connectivity index (χ4v) is 9.35. The molecule has 0 aromatic rings. The van der Waals surface area contributed by atoms with Crippen molar-refractivity contribution in [3.63, 3.8) is 0 Å². The van der Waals surface area contributed by atoms with E-state index in [1.165, 1.54) is 51.4 Å². The zero-order chi connectivity index (χ0) is 15.8. The Bertz CT molecular complexity index is 505. The zero-order valence-corrected chi connectivity index (χ0v) is 15.3. The van der Waals surface area contributed by atoms with Crippen LogP contribution in [0.1, 0.15) is 64.2 Å². The molecule has 0 heterocycles. The monoisotopic (exact) mass is 350 g/mol. The molecular weight excluding hydrogens is 320 g/mol. The zero-order valence-electron chi connectivity index (χ0n) is 14.5. The minimum Gasteiger partial charge on any atom is -0.265 e. The van der Waals surface area contributed by atoms with Gasteiger partial charge < -0.3 is 0 Å². The van der Waals surface area contributed by atoms with Crippen molar-refractivity contribution >= 4 is 11.4 Å². The van der Waals surface area contributed by atoms with Crippen molar-refractivity contribution in [2.45, 2.75) is 76.4 Å². The molecule has 0 aliphatic heterocycles. The molecule has 4 bridgehead atoms. The smallest absolute Gasteiger partial charge is 0.265 e. The lowest BCUT2D eigenvalue weighted by Crippen LogP contribution is -2.34. The van der Waals surface area contributed by atoms with E-state index < -0.39 is 11.4 Å². The van der Waals surface area contributed by atoms with Gasteiger partial charge in [-0.05, 0) is 98.7 Å². The highest BCUT2D eigenvalue weighted by molar-refractivity contribution is 7.75. The van der Waals surface area contributed by atoms with Crippen LogP contribution < -0.4 is 0 Å². The maximum absolute atomic E-state index is 12.6. The van der Waals surface area contributed by atoms with Gasteiger partial charge in [0.25, 0.3) is 0 Å². The van der Waals surface area contributed by atoms with E-state index in [1.54, 1.807) is 0 Å². The third-order valence-electron chi connectivity index (χ3n) is 9.14. The maximum Gasteiger partial charge on any atom is 0.305 e. The molecule has 0 spiro atoms. The predicted molar refractivity (Wildman–Crippen MR) is 92.0 cm³/mol. The van der Waals surface area contributed by atoms with Gasteiger partial charge in [-0.2, -0.15) is 4.21 Å². The van der Waals surface area contributed by atoms with Crippen LogP contribution in [0.3, 0.4) is 0 Å². The summed E-state index contributed by atoms with van der Waals surface area (Å²) in [6.45, 7) is 0. The Balaban J connectivity index is 1.08. The Morgan fingerprint density at radius 3 is 1.54 bits per heavy atom. The average Bonchev–Trinajstić information content (AvgIpc) is 3.33. The van der Waals surface area contributed by atoms with Crippen LogP contribution >= 0.6 is 0 Å². The van der Waals surface area contributed by atoms with E-state index in [9.17, 15) is 4.21 Å². The van der Waals surface area contributed by atoms with Crippen LogP contribution in [0.2, 0.25) is 0 Å². The van der Waals surface area contributed by atoms with E-state index in [0.717, 1.165) is 48.3 Å². The van der Waals surface area contributed by atoms with Gasteiger partial charge in [0.15, 0.2) is 0 Å². The highest BCUT2D eigenvalue weighted by atomic mass is 32.2. The second-order valence-corrected chi connectivity index (χ2v) is 10.6. The Hall–Kier alpha value is 0.0700. The minimum absolute atomic E-state index is 0.216. The number of hydrogen-bond donors (Lipinski definition) is 0. The van der Waals surface area contributed by atoms with Gasteiger partial charge in [0.2, 0.25) is 0 Å². The van der Waals surface area contributed by atoms with E-state index in [2.05, 4.69) is 0 Å². The van der Waals surface area contributed by atoms with Crippen LogP contribution in [0.25, 0.3) is 0 Å². The molecule has 0 amide bonds. The van der Waals surface area contributed by atoms with Crippen LogP contribution in [-0.2, 0) is 19.7 Å². The van der Waals surface area contributed by atoms with Gasteiger partial charge in [0, 0.05) is 0 Å². The largest absolute Gasteiger partial charge is 0.305 e. The van der Waals surface area contributed by atoms with Gasteiger partial charge >= 0.3 is 11.4 Å². The first-order chi connectivity index (χ1) is 11.8. The third kappa shape index (κ3) is 2.11. The molecule has 6 aliphatic rings. The lowest BCUT2D eigenvalue weighted by molar-refractivity contribution is 0.0494. The first-order valence-electron chi connectivity index (χ1n) is 10.5. The molecule has 0 saturated heterocycles. The molecule has 6 aliphatic carbocycles. The number of fused-ring (bicyclic) bond motifs is 10. The molecular formula is C20H30O3S. The summed E-state index contributed by atoms with van der Waals surface area (Å²) in [5, 5.41) is 0. The SMILES string of the molecule is O=S(O[C@H]1C[C@H]2C[C@H]1[C@H]1CCC[C@@H]21)O[C@@H]1C[C@@H]2C[C@@H]1[C@H]1CCC[C@H]21. The molecule has 11 atom stereocenters. The Morgan fingerprint density at radius 1 is 0.583 bits per heavy atom. The van der Waals surface area contributed by atoms with Gasteiger partial charge in [-0.15, -0.1) is 0 Å². The highest BCUT2D eigenvalue weighted by Gasteiger charge is 2.56. The van der Waals surface area contributed by atoms with Crippen LogP contribution in [-0.4, -0.2) is 16.4 Å². The van der Waals surface area contributed by atoms with Crippen molar-refractivity contribution in [2.24, 2.45) is 47.3 Å². The average molecular weight is 351 g/mol. The van der Waals surface area contributed by atoms with E-state index >= 15 is 0 Å². The second-order valence-electron chi connectivity index (χ2n) is 9.78. The Morgan fingerprint density at radius 2 is 1.04 bits per heavy atom. The van der Waals surface area contributed by atoms with Gasteiger partial charge in [0.1, 0.15) is 0 Å². The van der Waals surface area contributed by atoms with Crippen molar-refractivity contribution < 1.29 is 12.6 Å². The first kappa shape index (κ1) is 15.2. The number of rotatable bonds is 4. The van der Waals surface area contributed by atoms with Crippen LogP contribution in [0.4, 0.5) is 0 Å².